The number of oxazole rings is 1. The normalized spacial score (nSPS) is 16.3. The number of ether oxygens (including phenoxy) is 1. The number of anilines is 2. The maximum atomic E-state index is 14.8. The zero-order chi connectivity index (χ0) is 27.8. The molecule has 0 atom stereocenters. The largest absolute Gasteiger partial charge is 0.465 e. The number of nitrogens with zero attached hydrogens (tertiary/aromatic N) is 3. The fourth-order valence-corrected chi connectivity index (χ4v) is 5.10. The Morgan fingerprint density at radius 1 is 1.21 bits per heavy atom. The number of nitrogen functional groups attached to an aromatic ring is 1. The van der Waals surface area contributed by atoms with E-state index in [4.69, 9.17) is 14.9 Å². The molecule has 0 bridgehead atoms. The topological polar surface area (TPSA) is 153 Å². The first-order valence-electron chi connectivity index (χ1n) is 12.1. The van der Waals surface area contributed by atoms with Gasteiger partial charge in [-0.1, -0.05) is 6.07 Å². The Labute approximate surface area is 218 Å². The van der Waals surface area contributed by atoms with Gasteiger partial charge >= 0.3 is 12.1 Å². The Morgan fingerprint density at radius 2 is 1.92 bits per heavy atom. The van der Waals surface area contributed by atoms with Crippen molar-refractivity contribution in [3.63, 3.8) is 0 Å². The first-order chi connectivity index (χ1) is 18.5. The van der Waals surface area contributed by atoms with Crippen LogP contribution in [0.4, 0.5) is 25.3 Å². The van der Waals surface area contributed by atoms with Gasteiger partial charge < -0.3 is 29.9 Å². The zero-order valence-corrected chi connectivity index (χ0v) is 20.9. The number of nitrogens with two attached hydrogens (primary N) is 1. The number of halogens is 2. The summed E-state index contributed by atoms with van der Waals surface area (Å²) in [6.45, 7) is 1.38. The fraction of sp³-hybridized carbons (Fsp3) is 0.308. The quantitative estimate of drug-likeness (QED) is 0.327. The number of hydrogen-bond donors (Lipinski definition) is 3. The summed E-state index contributed by atoms with van der Waals surface area (Å²) in [5.41, 5.74) is 4.75. The van der Waals surface area contributed by atoms with Crippen molar-refractivity contribution in [2.45, 2.75) is 31.3 Å². The molecule has 202 valence electrons. The minimum Gasteiger partial charge on any atom is -0.465 e. The number of aromatic nitrogens is 2. The van der Waals surface area contributed by atoms with Crippen LogP contribution in [0.15, 0.2) is 33.5 Å². The molecule has 1 aliphatic heterocycles. The second-order valence-electron chi connectivity index (χ2n) is 9.94. The Kier molecular flexibility index (Phi) is 5.40. The molecule has 4 N–H and O–H groups in total. The van der Waals surface area contributed by atoms with Gasteiger partial charge in [0.25, 0.3) is 11.5 Å². The molecule has 3 heterocycles. The van der Waals surface area contributed by atoms with Gasteiger partial charge in [0.1, 0.15) is 11.6 Å². The fourth-order valence-electron chi connectivity index (χ4n) is 5.10. The Hall–Kier alpha value is -4.52. The average Bonchev–Trinajstić information content (AvgIpc) is 3.60. The van der Waals surface area contributed by atoms with Gasteiger partial charge in [0.2, 0.25) is 0 Å². The van der Waals surface area contributed by atoms with Gasteiger partial charge in [-0.3, -0.25) is 14.5 Å². The van der Waals surface area contributed by atoms with Crippen molar-refractivity contribution in [2.24, 2.45) is 0 Å². The predicted molar refractivity (Wildman–Crippen MR) is 137 cm³/mol. The molecule has 2 aliphatic rings. The molecule has 0 spiro atoms. The van der Waals surface area contributed by atoms with Crippen LogP contribution in [0.5, 0.6) is 0 Å². The van der Waals surface area contributed by atoms with Crippen LogP contribution in [-0.2, 0) is 9.53 Å². The molecule has 11 nitrogen and oxygen atoms in total. The van der Waals surface area contributed by atoms with Crippen molar-refractivity contribution in [1.29, 1.82) is 0 Å². The van der Waals surface area contributed by atoms with Crippen molar-refractivity contribution in [2.75, 3.05) is 30.9 Å². The molecule has 1 aliphatic carbocycles. The number of likely N-dealkylation sites (N-methyl/N-ethyl adjacent to an activating group) is 1. The van der Waals surface area contributed by atoms with E-state index in [1.165, 1.54) is 7.05 Å². The van der Waals surface area contributed by atoms with Gasteiger partial charge in [-0.2, -0.15) is 4.98 Å². The number of amides is 2. The molecule has 0 unspecified atom stereocenters. The molecular formula is C26H23F2N5O6. The Balaban J connectivity index is 1.54. The van der Waals surface area contributed by atoms with Crippen LogP contribution in [0.3, 0.4) is 0 Å². The second-order valence-corrected chi connectivity index (χ2v) is 9.94. The lowest BCUT2D eigenvalue weighted by Crippen LogP contribution is -2.70. The minimum absolute atomic E-state index is 0.00136. The summed E-state index contributed by atoms with van der Waals surface area (Å²) in [4.78, 5) is 43.5. The second kappa shape index (κ2) is 8.50. The molecule has 2 aromatic carbocycles. The number of hydrogen-bond acceptors (Lipinski definition) is 7. The third kappa shape index (κ3) is 3.72. The molecule has 39 heavy (non-hydrogen) atoms. The van der Waals surface area contributed by atoms with E-state index < -0.39 is 34.7 Å². The lowest BCUT2D eigenvalue weighted by molar-refractivity contribution is -0.144. The molecule has 1 saturated carbocycles. The standard InChI is InChI=1S/C26H23F2N5O6/c1-11-13(15-7-17(28)18(29)8-16(15)27)5-6-14-20(11)33(12-3-4-12)22(34)19-21(14)39-24(30-19)32(2)23(35)26(9-38-10-26)31-25(36)37/h5-8,12,31H,3-4,9-10,29H2,1-2H3,(H,36,37). The van der Waals surface area contributed by atoms with Gasteiger partial charge in [-0.25, -0.2) is 13.6 Å². The number of carbonyl (C=O) groups excluding carboxylic acids is 1. The zero-order valence-electron chi connectivity index (χ0n) is 20.9. The van der Waals surface area contributed by atoms with Crippen LogP contribution >= 0.6 is 0 Å². The van der Waals surface area contributed by atoms with Crippen LogP contribution < -0.4 is 21.5 Å². The number of pyridine rings is 1. The highest BCUT2D eigenvalue weighted by Crippen LogP contribution is 2.41. The highest BCUT2D eigenvalue weighted by Gasteiger charge is 2.50. The molecule has 0 radical (unpaired) electrons. The van der Waals surface area contributed by atoms with E-state index in [-0.39, 0.29) is 47.6 Å². The molecule has 1 saturated heterocycles. The molecule has 2 aromatic heterocycles. The highest BCUT2D eigenvalue weighted by atomic mass is 19.1. The van der Waals surface area contributed by atoms with E-state index in [0.717, 1.165) is 29.9 Å². The number of benzene rings is 2. The van der Waals surface area contributed by atoms with Crippen molar-refractivity contribution in [3.05, 3.63) is 51.8 Å². The van der Waals surface area contributed by atoms with Crippen molar-refractivity contribution >= 4 is 45.7 Å². The minimum atomic E-state index is -1.50. The van der Waals surface area contributed by atoms with Crippen molar-refractivity contribution < 1.29 is 32.6 Å². The molecule has 2 amide bonds. The van der Waals surface area contributed by atoms with Gasteiger partial charge in [0.15, 0.2) is 16.6 Å². The Morgan fingerprint density at radius 3 is 2.54 bits per heavy atom. The van der Waals surface area contributed by atoms with Crippen LogP contribution in [-0.4, -0.2) is 52.5 Å². The summed E-state index contributed by atoms with van der Waals surface area (Å²) >= 11 is 0. The monoisotopic (exact) mass is 539 g/mol. The summed E-state index contributed by atoms with van der Waals surface area (Å²) in [5.74, 6) is -2.13. The number of rotatable bonds is 5. The lowest BCUT2D eigenvalue weighted by atomic mass is 9.96. The van der Waals surface area contributed by atoms with Crippen molar-refractivity contribution in [3.8, 4) is 11.1 Å². The van der Waals surface area contributed by atoms with E-state index in [1.807, 2.05) is 0 Å². The molecule has 4 aromatic rings. The van der Waals surface area contributed by atoms with Crippen LogP contribution in [0.1, 0.15) is 24.4 Å². The van der Waals surface area contributed by atoms with Crippen molar-refractivity contribution in [1.82, 2.24) is 14.9 Å². The lowest BCUT2D eigenvalue weighted by Gasteiger charge is -2.40. The molecule has 13 heteroatoms. The molecule has 6 rings (SSSR count). The van der Waals surface area contributed by atoms with E-state index >= 15 is 0 Å². The molecular weight excluding hydrogens is 516 g/mol. The van der Waals surface area contributed by atoms with Gasteiger partial charge in [0, 0.05) is 30.1 Å². The molecule has 2 fully saturated rings. The SMILES string of the molecule is Cc1c(-c2cc(F)c(N)cc2F)ccc2c3oc(N(C)C(=O)C4(NC(=O)O)COC4)nc3c(=O)n(C3CC3)c12. The van der Waals surface area contributed by atoms with Crippen LogP contribution in [0.25, 0.3) is 33.1 Å². The number of nitrogens with one attached hydrogen (secondary N) is 1. The average molecular weight is 539 g/mol. The summed E-state index contributed by atoms with van der Waals surface area (Å²) in [6, 6.07) is 4.86. The highest BCUT2D eigenvalue weighted by molar-refractivity contribution is 6.06. The van der Waals surface area contributed by atoms with Crippen LogP contribution in [0.2, 0.25) is 0 Å². The summed E-state index contributed by atoms with van der Waals surface area (Å²) < 4.78 is 41.7. The smallest absolute Gasteiger partial charge is 0.405 e. The Bertz CT molecular complexity index is 1770. The maximum absolute atomic E-state index is 14.8. The van der Waals surface area contributed by atoms with E-state index in [1.54, 1.807) is 23.6 Å². The first-order valence-corrected chi connectivity index (χ1v) is 12.1. The summed E-state index contributed by atoms with van der Waals surface area (Å²) in [7, 11) is 1.36. The maximum Gasteiger partial charge on any atom is 0.405 e. The third-order valence-corrected chi connectivity index (χ3v) is 7.29. The van der Waals surface area contributed by atoms with E-state index in [2.05, 4.69) is 10.3 Å². The predicted octanol–water partition coefficient (Wildman–Crippen LogP) is 3.31. The third-order valence-electron chi connectivity index (χ3n) is 7.29. The summed E-state index contributed by atoms with van der Waals surface area (Å²) in [5, 5.41) is 11.9. The number of carboxylic acid groups (broad SMARTS) is 1. The first kappa shape index (κ1) is 24.8. The van der Waals surface area contributed by atoms with Gasteiger partial charge in [0.05, 0.1) is 24.4 Å². The number of aryl methyl sites for hydroxylation is 1. The van der Waals surface area contributed by atoms with Gasteiger partial charge in [-0.05, 0) is 43.0 Å². The number of carbonyl (C=O) groups is 2. The van der Waals surface area contributed by atoms with E-state index in [9.17, 15) is 28.3 Å². The number of fused-ring (bicyclic) bond motifs is 3. The summed E-state index contributed by atoms with van der Waals surface area (Å²) in [6.07, 6.45) is 0.114. The van der Waals surface area contributed by atoms with E-state index in [0.29, 0.717) is 22.0 Å². The van der Waals surface area contributed by atoms with Gasteiger partial charge in [-0.15, -0.1) is 0 Å². The van der Waals surface area contributed by atoms with Crippen LogP contribution in [0, 0.1) is 18.6 Å².